The molecule has 0 amide bonds. The highest BCUT2D eigenvalue weighted by molar-refractivity contribution is 5.72. The van der Waals surface area contributed by atoms with Crippen LogP contribution >= 0.6 is 0 Å². The van der Waals surface area contributed by atoms with E-state index in [4.69, 9.17) is 0 Å². The van der Waals surface area contributed by atoms with Crippen LogP contribution in [0.15, 0.2) is 64.4 Å². The van der Waals surface area contributed by atoms with Crippen molar-refractivity contribution in [3.05, 3.63) is 92.6 Å². The molecule has 0 atom stereocenters. The predicted molar refractivity (Wildman–Crippen MR) is 115 cm³/mol. The Kier molecular flexibility index (Phi) is 5.11. The SMILES string of the molecule is CCn1c(=O)c2c(ncn2Cc2cccc(F)c2)n(-c2ccc(C(C)C)cc2)c1=O. The molecule has 0 spiro atoms. The third-order valence-corrected chi connectivity index (χ3v) is 5.28. The van der Waals surface area contributed by atoms with Gasteiger partial charge < -0.3 is 4.57 Å². The Morgan fingerprint density at radius 2 is 1.80 bits per heavy atom. The monoisotopic (exact) mass is 406 g/mol. The molecule has 2 aromatic carbocycles. The maximum absolute atomic E-state index is 13.6. The third-order valence-electron chi connectivity index (χ3n) is 5.28. The van der Waals surface area contributed by atoms with Crippen LogP contribution in [0.1, 0.15) is 37.8 Å². The Morgan fingerprint density at radius 1 is 1.07 bits per heavy atom. The quantitative estimate of drug-likeness (QED) is 0.508. The first-order chi connectivity index (χ1) is 14.4. The number of halogens is 1. The lowest BCUT2D eigenvalue weighted by Gasteiger charge is -2.13. The molecule has 0 aliphatic heterocycles. The summed E-state index contributed by atoms with van der Waals surface area (Å²) in [7, 11) is 0. The van der Waals surface area contributed by atoms with Crippen LogP contribution in [0.5, 0.6) is 0 Å². The summed E-state index contributed by atoms with van der Waals surface area (Å²) in [5.41, 5.74) is 2.29. The zero-order chi connectivity index (χ0) is 21.4. The molecule has 2 aromatic heterocycles. The molecule has 4 rings (SSSR count). The van der Waals surface area contributed by atoms with E-state index in [1.165, 1.54) is 27.6 Å². The normalized spacial score (nSPS) is 11.5. The molecule has 0 bridgehead atoms. The van der Waals surface area contributed by atoms with Gasteiger partial charge in [0.05, 0.1) is 12.0 Å². The fourth-order valence-electron chi connectivity index (χ4n) is 3.65. The van der Waals surface area contributed by atoms with Gasteiger partial charge in [0.2, 0.25) is 0 Å². The largest absolute Gasteiger partial charge is 0.337 e. The maximum Gasteiger partial charge on any atom is 0.337 e. The molecule has 0 radical (unpaired) electrons. The van der Waals surface area contributed by atoms with Crippen LogP contribution in [0.4, 0.5) is 4.39 Å². The van der Waals surface area contributed by atoms with E-state index < -0.39 is 11.2 Å². The number of aromatic nitrogens is 4. The molecule has 0 unspecified atom stereocenters. The Morgan fingerprint density at radius 3 is 2.43 bits per heavy atom. The zero-order valence-corrected chi connectivity index (χ0v) is 17.2. The molecule has 2 heterocycles. The molecule has 7 heteroatoms. The summed E-state index contributed by atoms with van der Waals surface area (Å²) in [5, 5.41) is 0. The third kappa shape index (κ3) is 3.36. The Bertz CT molecular complexity index is 1330. The smallest absolute Gasteiger partial charge is 0.320 e. The van der Waals surface area contributed by atoms with Crippen LogP contribution < -0.4 is 11.2 Å². The molecular weight excluding hydrogens is 383 g/mol. The minimum absolute atomic E-state index is 0.239. The van der Waals surface area contributed by atoms with Gasteiger partial charge in [0.25, 0.3) is 5.56 Å². The lowest BCUT2D eigenvalue weighted by Crippen LogP contribution is -2.39. The van der Waals surface area contributed by atoms with Crippen molar-refractivity contribution in [1.82, 2.24) is 18.7 Å². The fraction of sp³-hybridized carbons (Fsp3) is 0.261. The van der Waals surface area contributed by atoms with E-state index in [0.717, 1.165) is 5.56 Å². The van der Waals surface area contributed by atoms with Crippen molar-refractivity contribution in [3.8, 4) is 5.69 Å². The van der Waals surface area contributed by atoms with Gasteiger partial charge in [-0.15, -0.1) is 0 Å². The van der Waals surface area contributed by atoms with Crippen LogP contribution in [-0.2, 0) is 13.1 Å². The van der Waals surface area contributed by atoms with E-state index >= 15 is 0 Å². The first-order valence-corrected chi connectivity index (χ1v) is 9.96. The summed E-state index contributed by atoms with van der Waals surface area (Å²) in [6, 6.07) is 13.9. The van der Waals surface area contributed by atoms with Crippen LogP contribution in [-0.4, -0.2) is 18.7 Å². The summed E-state index contributed by atoms with van der Waals surface area (Å²) in [6.45, 7) is 6.48. The van der Waals surface area contributed by atoms with Crippen molar-refractivity contribution in [1.29, 1.82) is 0 Å². The summed E-state index contributed by atoms with van der Waals surface area (Å²) in [6.07, 6.45) is 1.52. The summed E-state index contributed by atoms with van der Waals surface area (Å²) >= 11 is 0. The van der Waals surface area contributed by atoms with Crippen molar-refractivity contribution < 1.29 is 4.39 Å². The van der Waals surface area contributed by atoms with Gasteiger partial charge in [-0.2, -0.15) is 0 Å². The fourth-order valence-corrected chi connectivity index (χ4v) is 3.65. The summed E-state index contributed by atoms with van der Waals surface area (Å²) in [5.74, 6) is 0.0240. The van der Waals surface area contributed by atoms with Gasteiger partial charge in [-0.3, -0.25) is 9.36 Å². The van der Waals surface area contributed by atoms with Crippen molar-refractivity contribution in [2.24, 2.45) is 0 Å². The number of benzene rings is 2. The molecule has 0 aliphatic rings. The minimum Gasteiger partial charge on any atom is -0.320 e. The second-order valence-corrected chi connectivity index (χ2v) is 7.59. The van der Waals surface area contributed by atoms with Crippen molar-refractivity contribution >= 4 is 11.2 Å². The van der Waals surface area contributed by atoms with Crippen LogP contribution in [0.3, 0.4) is 0 Å². The van der Waals surface area contributed by atoms with E-state index in [-0.39, 0.29) is 18.9 Å². The molecule has 0 aliphatic carbocycles. The van der Waals surface area contributed by atoms with Crippen molar-refractivity contribution in [2.45, 2.75) is 39.8 Å². The molecule has 154 valence electrons. The minimum atomic E-state index is -0.427. The highest BCUT2D eigenvalue weighted by Gasteiger charge is 2.19. The summed E-state index contributed by atoms with van der Waals surface area (Å²) < 4.78 is 17.9. The number of imidazole rings is 1. The van der Waals surface area contributed by atoms with Crippen LogP contribution in [0.25, 0.3) is 16.9 Å². The van der Waals surface area contributed by atoms with Gasteiger partial charge in [-0.05, 0) is 48.2 Å². The maximum atomic E-state index is 13.6. The molecular formula is C23H23FN4O2. The van der Waals surface area contributed by atoms with E-state index in [0.29, 0.717) is 28.3 Å². The van der Waals surface area contributed by atoms with E-state index in [1.807, 2.05) is 24.3 Å². The van der Waals surface area contributed by atoms with E-state index in [1.54, 1.807) is 23.6 Å². The average molecular weight is 406 g/mol. The summed E-state index contributed by atoms with van der Waals surface area (Å²) in [4.78, 5) is 30.5. The Hall–Kier alpha value is -3.48. The van der Waals surface area contributed by atoms with Gasteiger partial charge in [0.15, 0.2) is 11.2 Å². The second-order valence-electron chi connectivity index (χ2n) is 7.59. The van der Waals surface area contributed by atoms with Gasteiger partial charge in [-0.1, -0.05) is 38.1 Å². The van der Waals surface area contributed by atoms with Crippen molar-refractivity contribution in [2.75, 3.05) is 0 Å². The first kappa shape index (κ1) is 19.8. The molecule has 0 saturated heterocycles. The molecule has 0 N–H and O–H groups in total. The van der Waals surface area contributed by atoms with Gasteiger partial charge in [-0.25, -0.2) is 18.7 Å². The van der Waals surface area contributed by atoms with Gasteiger partial charge in [0, 0.05) is 13.1 Å². The topological polar surface area (TPSA) is 61.8 Å². The predicted octanol–water partition coefficient (Wildman–Crippen LogP) is 3.68. The van der Waals surface area contributed by atoms with Gasteiger partial charge >= 0.3 is 5.69 Å². The molecule has 0 saturated carbocycles. The van der Waals surface area contributed by atoms with Crippen LogP contribution in [0, 0.1) is 5.82 Å². The Labute approximate surface area is 172 Å². The highest BCUT2D eigenvalue weighted by Crippen LogP contribution is 2.19. The number of hydrogen-bond acceptors (Lipinski definition) is 3. The Balaban J connectivity index is 1.94. The second kappa shape index (κ2) is 7.74. The van der Waals surface area contributed by atoms with Gasteiger partial charge in [0.1, 0.15) is 5.82 Å². The number of hydrogen-bond donors (Lipinski definition) is 0. The van der Waals surface area contributed by atoms with E-state index in [9.17, 15) is 14.0 Å². The first-order valence-electron chi connectivity index (χ1n) is 9.96. The van der Waals surface area contributed by atoms with Crippen LogP contribution in [0.2, 0.25) is 0 Å². The number of rotatable bonds is 5. The average Bonchev–Trinajstić information content (AvgIpc) is 3.12. The molecule has 6 nitrogen and oxygen atoms in total. The molecule has 4 aromatic rings. The lowest BCUT2D eigenvalue weighted by molar-refractivity contribution is 0.623. The van der Waals surface area contributed by atoms with E-state index in [2.05, 4.69) is 18.8 Å². The zero-order valence-electron chi connectivity index (χ0n) is 17.2. The van der Waals surface area contributed by atoms with Crippen molar-refractivity contribution in [3.63, 3.8) is 0 Å². The lowest BCUT2D eigenvalue weighted by atomic mass is 10.0. The highest BCUT2D eigenvalue weighted by atomic mass is 19.1. The number of nitrogens with zero attached hydrogens (tertiary/aromatic N) is 4. The molecule has 30 heavy (non-hydrogen) atoms. The standard InChI is InChI=1S/C23H23FN4O2/c1-4-27-22(29)20-21(25-14-26(20)13-16-6-5-7-18(24)12-16)28(23(27)30)19-10-8-17(9-11-19)15(2)3/h5-12,14-15H,4,13H2,1-3H3. The number of fused-ring (bicyclic) bond motifs is 1. The molecule has 0 fully saturated rings.